The minimum atomic E-state index is -0.859. The zero-order valence-electron chi connectivity index (χ0n) is 11.0. The number of ether oxygens (including phenoxy) is 1. The van der Waals surface area contributed by atoms with Crippen LogP contribution in [0.3, 0.4) is 0 Å². The van der Waals surface area contributed by atoms with E-state index in [9.17, 15) is 4.79 Å². The van der Waals surface area contributed by atoms with Crippen molar-refractivity contribution in [3.63, 3.8) is 0 Å². The van der Waals surface area contributed by atoms with Gasteiger partial charge in [0.15, 0.2) is 0 Å². The van der Waals surface area contributed by atoms with E-state index < -0.39 is 5.97 Å². The molecular formula is C15H16N2O3. The zero-order valence-corrected chi connectivity index (χ0v) is 11.0. The lowest BCUT2D eigenvalue weighted by Crippen LogP contribution is -2.14. The van der Waals surface area contributed by atoms with E-state index in [2.05, 4.69) is 4.98 Å². The molecule has 5 nitrogen and oxygen atoms in total. The second-order valence-electron chi connectivity index (χ2n) is 4.93. The Balaban J connectivity index is 2.05. The summed E-state index contributed by atoms with van der Waals surface area (Å²) in [7, 11) is 0. The third-order valence-electron chi connectivity index (χ3n) is 3.55. The van der Waals surface area contributed by atoms with E-state index in [1.54, 1.807) is 10.9 Å². The summed E-state index contributed by atoms with van der Waals surface area (Å²) in [6.07, 6.45) is 2.52. The van der Waals surface area contributed by atoms with Crippen molar-refractivity contribution >= 4 is 5.97 Å². The molecule has 0 unspecified atom stereocenters. The fourth-order valence-corrected chi connectivity index (χ4v) is 2.66. The van der Waals surface area contributed by atoms with E-state index in [1.807, 2.05) is 30.3 Å². The Morgan fingerprint density at radius 1 is 1.40 bits per heavy atom. The molecule has 1 saturated heterocycles. The molecule has 1 aromatic heterocycles. The molecule has 1 aromatic carbocycles. The number of aromatic nitrogens is 2. The van der Waals surface area contributed by atoms with Crippen molar-refractivity contribution in [3.05, 3.63) is 42.4 Å². The predicted molar refractivity (Wildman–Crippen MR) is 73.5 cm³/mol. The van der Waals surface area contributed by atoms with Crippen molar-refractivity contribution in [1.29, 1.82) is 0 Å². The summed E-state index contributed by atoms with van der Waals surface area (Å²) < 4.78 is 7.17. The molecule has 104 valence electrons. The summed E-state index contributed by atoms with van der Waals surface area (Å²) in [5.74, 6) is -0.644. The van der Waals surface area contributed by atoms with Gasteiger partial charge in [0.2, 0.25) is 0 Å². The van der Waals surface area contributed by atoms with Gasteiger partial charge in [0.05, 0.1) is 24.3 Å². The third kappa shape index (κ3) is 2.44. The number of carboxylic acid groups (broad SMARTS) is 1. The Morgan fingerprint density at radius 3 is 2.85 bits per heavy atom. The van der Waals surface area contributed by atoms with Gasteiger partial charge in [0, 0.05) is 18.1 Å². The summed E-state index contributed by atoms with van der Waals surface area (Å²) >= 11 is 0. The maximum Gasteiger partial charge on any atom is 0.323 e. The van der Waals surface area contributed by atoms with Crippen molar-refractivity contribution in [2.24, 2.45) is 0 Å². The largest absolute Gasteiger partial charge is 0.480 e. The van der Waals surface area contributed by atoms with Gasteiger partial charge in [-0.3, -0.25) is 4.79 Å². The van der Waals surface area contributed by atoms with E-state index in [0.29, 0.717) is 6.61 Å². The first-order chi connectivity index (χ1) is 9.75. The molecule has 5 heteroatoms. The Hall–Kier alpha value is -2.14. The van der Waals surface area contributed by atoms with Gasteiger partial charge in [0.1, 0.15) is 6.54 Å². The van der Waals surface area contributed by atoms with Gasteiger partial charge in [-0.2, -0.15) is 0 Å². The van der Waals surface area contributed by atoms with Gasteiger partial charge in [-0.05, 0) is 6.42 Å². The number of carboxylic acids is 1. The van der Waals surface area contributed by atoms with Crippen LogP contribution in [-0.4, -0.2) is 33.8 Å². The van der Waals surface area contributed by atoms with Crippen molar-refractivity contribution < 1.29 is 14.6 Å². The Labute approximate surface area is 116 Å². The van der Waals surface area contributed by atoms with Gasteiger partial charge in [-0.1, -0.05) is 30.3 Å². The highest BCUT2D eigenvalue weighted by molar-refractivity contribution is 5.68. The normalized spacial score (nSPS) is 18.3. The number of hydrogen-bond acceptors (Lipinski definition) is 3. The quantitative estimate of drug-likeness (QED) is 0.926. The minimum Gasteiger partial charge on any atom is -0.480 e. The van der Waals surface area contributed by atoms with Gasteiger partial charge in [-0.15, -0.1) is 0 Å². The van der Waals surface area contributed by atoms with E-state index in [0.717, 1.165) is 30.0 Å². The Kier molecular flexibility index (Phi) is 3.52. The highest BCUT2D eigenvalue weighted by atomic mass is 16.5. The number of hydrogen-bond donors (Lipinski definition) is 1. The molecule has 1 atom stereocenters. The number of carbonyl (C=O) groups is 1. The SMILES string of the molecule is O=C(O)Cn1cnc(-c2ccccc2)c1[C@H]1CCOC1. The van der Waals surface area contributed by atoms with Crippen LogP contribution in [0.1, 0.15) is 18.0 Å². The molecule has 1 N–H and O–H groups in total. The van der Waals surface area contributed by atoms with Crippen LogP contribution in [0.25, 0.3) is 11.3 Å². The van der Waals surface area contributed by atoms with E-state index in [-0.39, 0.29) is 12.5 Å². The van der Waals surface area contributed by atoms with Gasteiger partial charge in [-0.25, -0.2) is 4.98 Å². The maximum atomic E-state index is 11.0. The Morgan fingerprint density at radius 2 is 2.20 bits per heavy atom. The number of nitrogens with zero attached hydrogens (tertiary/aromatic N) is 2. The zero-order chi connectivity index (χ0) is 13.9. The van der Waals surface area contributed by atoms with Gasteiger partial charge in [0.25, 0.3) is 0 Å². The fourth-order valence-electron chi connectivity index (χ4n) is 2.66. The third-order valence-corrected chi connectivity index (χ3v) is 3.55. The molecule has 3 rings (SSSR count). The smallest absolute Gasteiger partial charge is 0.323 e. The van der Waals surface area contributed by atoms with E-state index in [4.69, 9.17) is 9.84 Å². The molecule has 0 saturated carbocycles. The predicted octanol–water partition coefficient (Wildman–Crippen LogP) is 2.14. The maximum absolute atomic E-state index is 11.0. The van der Waals surface area contributed by atoms with Crippen LogP contribution in [0.15, 0.2) is 36.7 Å². The molecule has 2 aromatic rings. The minimum absolute atomic E-state index is 0.0638. The first kappa shape index (κ1) is 12.9. The molecule has 0 bridgehead atoms. The van der Waals surface area contributed by atoms with Gasteiger partial charge < -0.3 is 14.4 Å². The van der Waals surface area contributed by atoms with Gasteiger partial charge >= 0.3 is 5.97 Å². The first-order valence-corrected chi connectivity index (χ1v) is 6.65. The van der Waals surface area contributed by atoms with Crippen LogP contribution in [0.5, 0.6) is 0 Å². The van der Waals surface area contributed by atoms with Crippen molar-refractivity contribution in [2.75, 3.05) is 13.2 Å². The lowest BCUT2D eigenvalue weighted by Gasteiger charge is -2.13. The molecule has 20 heavy (non-hydrogen) atoms. The molecule has 1 aliphatic heterocycles. The number of rotatable bonds is 4. The van der Waals surface area contributed by atoms with Crippen LogP contribution in [0.4, 0.5) is 0 Å². The average molecular weight is 272 g/mol. The summed E-state index contributed by atoms with van der Waals surface area (Å²) in [4.78, 5) is 15.4. The first-order valence-electron chi connectivity index (χ1n) is 6.65. The lowest BCUT2D eigenvalue weighted by atomic mass is 9.99. The van der Waals surface area contributed by atoms with Crippen LogP contribution in [0, 0.1) is 0 Å². The topological polar surface area (TPSA) is 64.3 Å². The average Bonchev–Trinajstić information content (AvgIpc) is 3.07. The summed E-state index contributed by atoms with van der Waals surface area (Å²) in [5, 5.41) is 9.03. The second kappa shape index (κ2) is 5.46. The van der Waals surface area contributed by atoms with E-state index >= 15 is 0 Å². The summed E-state index contributed by atoms with van der Waals surface area (Å²) in [6.45, 7) is 1.29. The van der Waals surface area contributed by atoms with Crippen LogP contribution >= 0.6 is 0 Å². The molecule has 0 radical (unpaired) electrons. The van der Waals surface area contributed by atoms with Crippen molar-refractivity contribution in [1.82, 2.24) is 9.55 Å². The lowest BCUT2D eigenvalue weighted by molar-refractivity contribution is -0.137. The molecule has 0 spiro atoms. The molecule has 0 amide bonds. The highest BCUT2D eigenvalue weighted by Gasteiger charge is 2.26. The molecular weight excluding hydrogens is 256 g/mol. The van der Waals surface area contributed by atoms with E-state index in [1.165, 1.54) is 0 Å². The number of aliphatic carboxylic acids is 1. The van der Waals surface area contributed by atoms with Crippen LogP contribution in [0.2, 0.25) is 0 Å². The molecule has 1 fully saturated rings. The van der Waals surface area contributed by atoms with Crippen molar-refractivity contribution in [2.45, 2.75) is 18.9 Å². The van der Waals surface area contributed by atoms with Crippen LogP contribution < -0.4 is 0 Å². The Bertz CT molecular complexity index is 601. The standard InChI is InChI=1S/C15H16N2O3/c18-13(19)8-17-10-16-14(11-4-2-1-3-5-11)15(17)12-6-7-20-9-12/h1-5,10,12H,6-9H2,(H,18,19)/t12-/m0/s1. The van der Waals surface area contributed by atoms with Crippen LogP contribution in [-0.2, 0) is 16.1 Å². The highest BCUT2D eigenvalue weighted by Crippen LogP contribution is 2.33. The monoisotopic (exact) mass is 272 g/mol. The molecule has 0 aliphatic carbocycles. The number of imidazole rings is 1. The molecule has 2 heterocycles. The summed E-state index contributed by atoms with van der Waals surface area (Å²) in [5.41, 5.74) is 2.84. The van der Waals surface area contributed by atoms with Crippen molar-refractivity contribution in [3.8, 4) is 11.3 Å². The number of benzene rings is 1. The summed E-state index contributed by atoms with van der Waals surface area (Å²) in [6, 6.07) is 9.86. The molecule has 1 aliphatic rings. The fraction of sp³-hybridized carbons (Fsp3) is 0.333. The second-order valence-corrected chi connectivity index (χ2v) is 4.93.